The maximum atomic E-state index is 10.7. The number of hydrogen-bond acceptors (Lipinski definition) is 3. The Labute approximate surface area is 107 Å². The van der Waals surface area contributed by atoms with E-state index in [9.17, 15) is 4.79 Å². The van der Waals surface area contributed by atoms with E-state index in [0.717, 1.165) is 0 Å². The zero-order chi connectivity index (χ0) is 12.4. The van der Waals surface area contributed by atoms with Crippen LogP contribution in [0.1, 0.15) is 10.6 Å². The molecule has 0 saturated carbocycles. The van der Waals surface area contributed by atoms with Gasteiger partial charge >= 0.3 is 5.97 Å². The Kier molecular flexibility index (Phi) is 3.26. The van der Waals surface area contributed by atoms with Gasteiger partial charge in [-0.15, -0.1) is 0 Å². The van der Waals surface area contributed by atoms with Crippen LogP contribution in [0.4, 0.5) is 0 Å². The lowest BCUT2D eigenvalue weighted by Gasteiger charge is -2.03. The van der Waals surface area contributed by atoms with Gasteiger partial charge < -0.3 is 5.11 Å². The van der Waals surface area contributed by atoms with E-state index in [2.05, 4.69) is 9.97 Å². The molecule has 0 aliphatic rings. The van der Waals surface area contributed by atoms with Crippen molar-refractivity contribution in [2.24, 2.45) is 0 Å². The van der Waals surface area contributed by atoms with E-state index in [0.29, 0.717) is 21.3 Å². The van der Waals surface area contributed by atoms with Crippen LogP contribution in [0.2, 0.25) is 10.0 Å². The predicted molar refractivity (Wildman–Crippen MR) is 64.4 cm³/mol. The van der Waals surface area contributed by atoms with Crippen molar-refractivity contribution in [3.05, 3.63) is 46.3 Å². The molecule has 1 heterocycles. The first kappa shape index (κ1) is 11.8. The minimum Gasteiger partial charge on any atom is -0.475 e. The minimum absolute atomic E-state index is 0.256. The van der Waals surface area contributed by atoms with Crippen molar-refractivity contribution in [2.45, 2.75) is 0 Å². The molecule has 86 valence electrons. The molecule has 2 rings (SSSR count). The summed E-state index contributed by atoms with van der Waals surface area (Å²) in [6.07, 6.45) is 1.38. The molecule has 0 saturated heterocycles. The monoisotopic (exact) mass is 268 g/mol. The Balaban J connectivity index is 2.49. The average molecular weight is 269 g/mol. The number of carbonyl (C=O) groups is 1. The largest absolute Gasteiger partial charge is 0.475 e. The Morgan fingerprint density at radius 1 is 1.18 bits per heavy atom. The van der Waals surface area contributed by atoms with Crippen molar-refractivity contribution < 1.29 is 9.90 Å². The van der Waals surface area contributed by atoms with E-state index in [-0.39, 0.29) is 5.82 Å². The molecule has 2 aromatic rings. The first-order chi connectivity index (χ1) is 8.08. The van der Waals surface area contributed by atoms with Crippen LogP contribution in [0.25, 0.3) is 11.3 Å². The number of aromatic nitrogens is 2. The number of nitrogens with zero attached hydrogens (tertiary/aromatic N) is 2. The van der Waals surface area contributed by atoms with Gasteiger partial charge in [-0.25, -0.2) is 14.8 Å². The van der Waals surface area contributed by atoms with Crippen LogP contribution >= 0.6 is 23.2 Å². The van der Waals surface area contributed by atoms with Crippen molar-refractivity contribution in [1.29, 1.82) is 0 Å². The summed E-state index contributed by atoms with van der Waals surface area (Å²) >= 11 is 11.7. The third-order valence-corrected chi connectivity index (χ3v) is 2.80. The molecule has 0 radical (unpaired) electrons. The molecule has 1 N–H and O–H groups in total. The summed E-state index contributed by atoms with van der Waals surface area (Å²) < 4.78 is 0. The molecule has 17 heavy (non-hydrogen) atoms. The molecule has 0 bridgehead atoms. The maximum Gasteiger partial charge on any atom is 0.373 e. The van der Waals surface area contributed by atoms with Crippen molar-refractivity contribution in [3.8, 4) is 11.3 Å². The van der Waals surface area contributed by atoms with Gasteiger partial charge in [0.25, 0.3) is 0 Å². The lowest BCUT2D eigenvalue weighted by molar-refractivity contribution is 0.0683. The molecule has 0 aliphatic carbocycles. The fraction of sp³-hybridized carbons (Fsp3) is 0. The molecule has 4 nitrogen and oxygen atoms in total. The second-order valence-corrected chi connectivity index (χ2v) is 4.01. The minimum atomic E-state index is -1.17. The smallest absolute Gasteiger partial charge is 0.373 e. The molecule has 1 aromatic carbocycles. The van der Waals surface area contributed by atoms with Crippen LogP contribution in [-0.2, 0) is 0 Å². The average Bonchev–Trinajstić information content (AvgIpc) is 2.33. The van der Waals surface area contributed by atoms with Crippen molar-refractivity contribution >= 4 is 29.2 Å². The number of halogens is 2. The van der Waals surface area contributed by atoms with Gasteiger partial charge in [-0.2, -0.15) is 0 Å². The van der Waals surface area contributed by atoms with Gasteiger partial charge in [0, 0.05) is 11.8 Å². The molecule has 0 atom stereocenters. The summed E-state index contributed by atoms with van der Waals surface area (Å²) in [5.41, 5.74) is 1.17. The lowest BCUT2D eigenvalue weighted by atomic mass is 10.1. The summed E-state index contributed by atoms with van der Waals surface area (Å²) in [6, 6.07) is 6.56. The summed E-state index contributed by atoms with van der Waals surface area (Å²) in [5.74, 6) is -1.43. The highest BCUT2D eigenvalue weighted by Gasteiger charge is 2.09. The predicted octanol–water partition coefficient (Wildman–Crippen LogP) is 3.15. The molecule has 0 fully saturated rings. The number of carboxylic acid groups (broad SMARTS) is 1. The normalized spacial score (nSPS) is 10.2. The van der Waals surface area contributed by atoms with Gasteiger partial charge in [0.2, 0.25) is 5.82 Å². The quantitative estimate of drug-likeness (QED) is 0.909. The maximum absolute atomic E-state index is 10.7. The van der Waals surface area contributed by atoms with Crippen LogP contribution in [0.5, 0.6) is 0 Å². The fourth-order valence-electron chi connectivity index (χ4n) is 1.28. The first-order valence-electron chi connectivity index (χ1n) is 4.59. The van der Waals surface area contributed by atoms with Crippen LogP contribution in [0.15, 0.2) is 30.5 Å². The topological polar surface area (TPSA) is 63.1 Å². The molecular weight excluding hydrogens is 263 g/mol. The van der Waals surface area contributed by atoms with Crippen LogP contribution in [-0.4, -0.2) is 21.0 Å². The molecule has 1 aromatic heterocycles. The van der Waals surface area contributed by atoms with Crippen molar-refractivity contribution in [2.75, 3.05) is 0 Å². The van der Waals surface area contributed by atoms with E-state index in [1.54, 1.807) is 24.3 Å². The lowest BCUT2D eigenvalue weighted by Crippen LogP contribution is -2.04. The molecule has 0 unspecified atom stereocenters. The van der Waals surface area contributed by atoms with Crippen LogP contribution in [0, 0.1) is 0 Å². The van der Waals surface area contributed by atoms with E-state index in [1.807, 2.05) is 0 Å². The number of aromatic carboxylic acids is 1. The standard InChI is InChI=1S/C11H6Cl2N2O2/c12-7-2-1-6(5-8(7)13)9-3-4-14-10(15-9)11(16)17/h1-5H,(H,16,17). The van der Waals surface area contributed by atoms with Crippen molar-refractivity contribution in [1.82, 2.24) is 9.97 Å². The highest BCUT2D eigenvalue weighted by atomic mass is 35.5. The number of hydrogen-bond donors (Lipinski definition) is 1. The van der Waals surface area contributed by atoms with Gasteiger partial charge in [0.05, 0.1) is 15.7 Å². The van der Waals surface area contributed by atoms with Crippen LogP contribution < -0.4 is 0 Å². The third kappa shape index (κ3) is 2.54. The summed E-state index contributed by atoms with van der Waals surface area (Å²) in [4.78, 5) is 18.3. The van der Waals surface area contributed by atoms with E-state index < -0.39 is 5.97 Å². The molecule has 0 amide bonds. The highest BCUT2D eigenvalue weighted by molar-refractivity contribution is 6.42. The van der Waals surface area contributed by atoms with Gasteiger partial charge in [-0.1, -0.05) is 29.3 Å². The van der Waals surface area contributed by atoms with E-state index >= 15 is 0 Å². The molecule has 0 spiro atoms. The molecular formula is C11H6Cl2N2O2. The summed E-state index contributed by atoms with van der Waals surface area (Å²) in [6.45, 7) is 0. The second-order valence-electron chi connectivity index (χ2n) is 3.20. The van der Waals surface area contributed by atoms with E-state index in [4.69, 9.17) is 28.3 Å². The van der Waals surface area contributed by atoms with E-state index in [1.165, 1.54) is 6.20 Å². The SMILES string of the molecule is O=C(O)c1nccc(-c2ccc(Cl)c(Cl)c2)n1. The zero-order valence-electron chi connectivity index (χ0n) is 8.39. The van der Waals surface area contributed by atoms with Gasteiger partial charge in [0.1, 0.15) is 0 Å². The Hall–Kier alpha value is -1.65. The molecule has 0 aliphatic heterocycles. The number of benzene rings is 1. The third-order valence-electron chi connectivity index (χ3n) is 2.06. The van der Waals surface area contributed by atoms with Gasteiger partial charge in [-0.3, -0.25) is 0 Å². The summed E-state index contributed by atoms with van der Waals surface area (Å²) in [5, 5.41) is 9.60. The fourth-order valence-corrected chi connectivity index (χ4v) is 1.58. The zero-order valence-corrected chi connectivity index (χ0v) is 9.90. The first-order valence-corrected chi connectivity index (χ1v) is 5.35. The van der Waals surface area contributed by atoms with Crippen LogP contribution in [0.3, 0.4) is 0 Å². The number of carboxylic acids is 1. The van der Waals surface area contributed by atoms with Gasteiger partial charge in [-0.05, 0) is 18.2 Å². The Bertz CT molecular complexity index is 587. The molecule has 6 heteroatoms. The highest BCUT2D eigenvalue weighted by Crippen LogP contribution is 2.27. The van der Waals surface area contributed by atoms with Gasteiger partial charge in [0.15, 0.2) is 0 Å². The van der Waals surface area contributed by atoms with Crippen molar-refractivity contribution in [3.63, 3.8) is 0 Å². The summed E-state index contributed by atoms with van der Waals surface area (Å²) in [7, 11) is 0. The Morgan fingerprint density at radius 3 is 2.59 bits per heavy atom. The second kappa shape index (κ2) is 4.69. The number of rotatable bonds is 2. The Morgan fingerprint density at radius 2 is 1.94 bits per heavy atom.